The van der Waals surface area contributed by atoms with Crippen molar-refractivity contribution in [2.24, 2.45) is 0 Å². The molecule has 0 aliphatic rings. The molecule has 0 aliphatic carbocycles. The summed E-state index contributed by atoms with van der Waals surface area (Å²) in [4.78, 5) is 41.9. The third kappa shape index (κ3) is 4.41. The molecule has 0 saturated heterocycles. The van der Waals surface area contributed by atoms with E-state index in [-0.39, 0.29) is 17.3 Å². The van der Waals surface area contributed by atoms with Gasteiger partial charge in [-0.3, -0.25) is 9.59 Å². The van der Waals surface area contributed by atoms with Crippen molar-refractivity contribution in [3.63, 3.8) is 0 Å². The molecule has 0 aliphatic heterocycles. The predicted octanol–water partition coefficient (Wildman–Crippen LogP) is 1.43. The molecule has 2 rings (SSSR count). The van der Waals surface area contributed by atoms with Gasteiger partial charge in [-0.1, -0.05) is 36.4 Å². The zero-order valence-electron chi connectivity index (χ0n) is 14.2. The van der Waals surface area contributed by atoms with Crippen molar-refractivity contribution in [1.29, 1.82) is 0 Å². The quantitative estimate of drug-likeness (QED) is 0.831. The number of aromatic nitrogens is 1. The molecule has 2 amide bonds. The highest BCUT2D eigenvalue weighted by Gasteiger charge is 2.25. The van der Waals surface area contributed by atoms with E-state index in [1.54, 1.807) is 38.4 Å². The molecule has 130 valence electrons. The Balaban J connectivity index is 2.28. The predicted molar refractivity (Wildman–Crippen MR) is 90.9 cm³/mol. The van der Waals surface area contributed by atoms with Gasteiger partial charge < -0.3 is 15.0 Å². The molecule has 25 heavy (non-hydrogen) atoms. The topological polar surface area (TPSA) is 88.6 Å². The highest BCUT2D eigenvalue weighted by atomic mass is 16.5. The summed E-state index contributed by atoms with van der Waals surface area (Å²) in [6.07, 6.45) is 0. The maximum Gasteiger partial charge on any atom is 0.356 e. The smallest absolute Gasteiger partial charge is 0.356 e. The van der Waals surface area contributed by atoms with Crippen LogP contribution < -0.4 is 5.32 Å². The molecule has 0 radical (unpaired) electrons. The van der Waals surface area contributed by atoms with Gasteiger partial charge in [-0.25, -0.2) is 9.78 Å². The first-order chi connectivity index (χ1) is 11.9. The van der Waals surface area contributed by atoms with Crippen LogP contribution in [0.2, 0.25) is 0 Å². The molecule has 1 atom stereocenters. The van der Waals surface area contributed by atoms with E-state index in [2.05, 4.69) is 15.0 Å². The molecule has 7 heteroatoms. The van der Waals surface area contributed by atoms with Gasteiger partial charge in [-0.15, -0.1) is 0 Å². The molecular formula is C18H19N3O4. The molecule has 0 fully saturated rings. The van der Waals surface area contributed by atoms with E-state index in [4.69, 9.17) is 0 Å². The van der Waals surface area contributed by atoms with Crippen LogP contribution in [0.1, 0.15) is 32.6 Å². The van der Waals surface area contributed by atoms with E-state index in [9.17, 15) is 14.4 Å². The summed E-state index contributed by atoms with van der Waals surface area (Å²) in [5.41, 5.74) is 0.694. The average molecular weight is 341 g/mol. The maximum absolute atomic E-state index is 12.5. The molecule has 0 unspecified atom stereocenters. The molecular weight excluding hydrogens is 322 g/mol. The molecule has 1 aromatic heterocycles. The minimum Gasteiger partial charge on any atom is -0.464 e. The Hall–Kier alpha value is -3.22. The SMILES string of the molecule is COC(=O)c1cccc(C(=O)N[C@@H](C(=O)N(C)C)c2ccccc2)n1. The standard InChI is InChI=1S/C18H19N3O4/c1-21(2)17(23)15(12-8-5-4-6-9-12)20-16(22)13-10-7-11-14(19-13)18(24)25-3/h4-11,15H,1-3H3,(H,20,22)/t15-/m1/s1. The fraction of sp³-hybridized carbons (Fsp3) is 0.222. The normalized spacial score (nSPS) is 11.3. The van der Waals surface area contributed by atoms with Crippen molar-refractivity contribution >= 4 is 17.8 Å². The Morgan fingerprint density at radius 1 is 1.00 bits per heavy atom. The van der Waals surface area contributed by atoms with Gasteiger partial charge in [0.05, 0.1) is 7.11 Å². The summed E-state index contributed by atoms with van der Waals surface area (Å²) in [6, 6.07) is 12.5. The molecule has 0 saturated carbocycles. The Morgan fingerprint density at radius 3 is 2.24 bits per heavy atom. The zero-order valence-corrected chi connectivity index (χ0v) is 14.2. The summed E-state index contributed by atoms with van der Waals surface area (Å²) in [6.45, 7) is 0. The number of ether oxygens (including phenoxy) is 1. The number of carbonyl (C=O) groups excluding carboxylic acids is 3. The third-order valence-electron chi connectivity index (χ3n) is 3.47. The maximum atomic E-state index is 12.5. The second-order valence-corrected chi connectivity index (χ2v) is 5.45. The van der Waals surface area contributed by atoms with E-state index < -0.39 is 17.9 Å². The van der Waals surface area contributed by atoms with Crippen molar-refractivity contribution in [3.05, 3.63) is 65.5 Å². The molecule has 0 bridgehead atoms. The van der Waals surface area contributed by atoms with Crippen molar-refractivity contribution in [2.75, 3.05) is 21.2 Å². The van der Waals surface area contributed by atoms with Gasteiger partial charge in [0.1, 0.15) is 17.4 Å². The fourth-order valence-electron chi connectivity index (χ4n) is 2.18. The average Bonchev–Trinajstić information content (AvgIpc) is 2.65. The number of rotatable bonds is 5. The van der Waals surface area contributed by atoms with Crippen LogP contribution in [0.5, 0.6) is 0 Å². The minimum atomic E-state index is -0.854. The van der Waals surface area contributed by atoms with Crippen molar-refractivity contribution in [3.8, 4) is 0 Å². The van der Waals surface area contributed by atoms with Gasteiger partial charge in [0.2, 0.25) is 5.91 Å². The highest BCUT2D eigenvalue weighted by Crippen LogP contribution is 2.15. The van der Waals surface area contributed by atoms with Crippen LogP contribution in [0.4, 0.5) is 0 Å². The number of nitrogens with one attached hydrogen (secondary N) is 1. The monoisotopic (exact) mass is 341 g/mol. The van der Waals surface area contributed by atoms with Crippen LogP contribution in [0, 0.1) is 0 Å². The number of pyridine rings is 1. The molecule has 1 heterocycles. The van der Waals surface area contributed by atoms with Crippen LogP contribution in [0.15, 0.2) is 48.5 Å². The second kappa shape index (κ2) is 8.05. The lowest BCUT2D eigenvalue weighted by Crippen LogP contribution is -2.40. The molecule has 1 aromatic carbocycles. The third-order valence-corrected chi connectivity index (χ3v) is 3.47. The van der Waals surface area contributed by atoms with Crippen molar-refractivity contribution in [2.45, 2.75) is 6.04 Å². The van der Waals surface area contributed by atoms with E-state index in [0.29, 0.717) is 5.56 Å². The van der Waals surface area contributed by atoms with Gasteiger partial charge in [-0.05, 0) is 17.7 Å². The first kappa shape index (κ1) is 18.1. The van der Waals surface area contributed by atoms with Gasteiger partial charge in [0, 0.05) is 14.1 Å². The summed E-state index contributed by atoms with van der Waals surface area (Å²) in [7, 11) is 4.46. The number of nitrogens with zero attached hydrogens (tertiary/aromatic N) is 2. The van der Waals surface area contributed by atoms with E-state index in [0.717, 1.165) is 0 Å². The van der Waals surface area contributed by atoms with Gasteiger partial charge in [0.25, 0.3) is 5.91 Å². The first-order valence-corrected chi connectivity index (χ1v) is 7.56. The Labute approximate surface area is 145 Å². The molecule has 1 N–H and O–H groups in total. The van der Waals surface area contributed by atoms with Crippen LogP contribution >= 0.6 is 0 Å². The van der Waals surface area contributed by atoms with Crippen molar-refractivity contribution < 1.29 is 19.1 Å². The summed E-state index contributed by atoms with van der Waals surface area (Å²) in [5, 5.41) is 2.67. The Morgan fingerprint density at radius 2 is 1.64 bits per heavy atom. The molecule has 7 nitrogen and oxygen atoms in total. The number of methoxy groups -OCH3 is 1. The van der Waals surface area contributed by atoms with Gasteiger partial charge in [-0.2, -0.15) is 0 Å². The first-order valence-electron chi connectivity index (χ1n) is 7.56. The van der Waals surface area contributed by atoms with Crippen LogP contribution in [-0.2, 0) is 9.53 Å². The summed E-state index contributed by atoms with van der Waals surface area (Å²) >= 11 is 0. The van der Waals surface area contributed by atoms with E-state index in [1.807, 2.05) is 6.07 Å². The van der Waals surface area contributed by atoms with Crippen molar-refractivity contribution in [1.82, 2.24) is 15.2 Å². The lowest BCUT2D eigenvalue weighted by atomic mass is 10.1. The van der Waals surface area contributed by atoms with Gasteiger partial charge in [0.15, 0.2) is 0 Å². The Bertz CT molecular complexity index is 775. The van der Waals surface area contributed by atoms with Crippen LogP contribution in [0.3, 0.4) is 0 Å². The van der Waals surface area contributed by atoms with E-state index in [1.165, 1.54) is 30.2 Å². The van der Waals surface area contributed by atoms with Crippen LogP contribution in [-0.4, -0.2) is 48.9 Å². The molecule has 0 spiro atoms. The number of carbonyl (C=O) groups is 3. The largest absolute Gasteiger partial charge is 0.464 e. The number of esters is 1. The number of hydrogen-bond donors (Lipinski definition) is 1. The lowest BCUT2D eigenvalue weighted by Gasteiger charge is -2.22. The summed E-state index contributed by atoms with van der Waals surface area (Å²) < 4.78 is 4.60. The minimum absolute atomic E-state index is 0.0188. The number of amides is 2. The van der Waals surface area contributed by atoms with Gasteiger partial charge >= 0.3 is 5.97 Å². The Kier molecular flexibility index (Phi) is 5.84. The lowest BCUT2D eigenvalue weighted by molar-refractivity contribution is -0.130. The summed E-state index contributed by atoms with van der Waals surface area (Å²) in [5.74, 6) is -1.47. The number of likely N-dealkylation sites (N-methyl/N-ethyl adjacent to an activating group) is 1. The fourth-order valence-corrected chi connectivity index (χ4v) is 2.18. The van der Waals surface area contributed by atoms with Crippen LogP contribution in [0.25, 0.3) is 0 Å². The second-order valence-electron chi connectivity index (χ2n) is 5.45. The zero-order chi connectivity index (χ0) is 18.4. The number of hydrogen-bond acceptors (Lipinski definition) is 5. The molecule has 2 aromatic rings. The highest BCUT2D eigenvalue weighted by molar-refractivity contribution is 5.97. The van der Waals surface area contributed by atoms with E-state index >= 15 is 0 Å². The number of benzene rings is 1.